The number of rotatable bonds is 2. The molecule has 3 aliphatic rings. The number of nitrogens with zero attached hydrogens (tertiary/aromatic N) is 7. The fourth-order valence-corrected chi connectivity index (χ4v) is 7.16. The van der Waals surface area contributed by atoms with E-state index >= 15 is 0 Å². The first-order valence-electron chi connectivity index (χ1n) is 13.0. The smallest absolute Gasteiger partial charge is 0.387 e. The molecule has 0 radical (unpaired) electrons. The van der Waals surface area contributed by atoms with Gasteiger partial charge < -0.3 is 40.9 Å². The number of aliphatic hydroxyl groups excluding tert-OH is 2. The summed E-state index contributed by atoms with van der Waals surface area (Å²) in [5.41, 5.74) is 10.7. The maximum atomic E-state index is 13.2. The molecule has 3 unspecified atom stereocenters. The first-order chi connectivity index (χ1) is 21.3. The highest BCUT2D eigenvalue weighted by Gasteiger charge is 2.54. The minimum absolute atomic E-state index is 0.113. The highest BCUT2D eigenvalue weighted by molar-refractivity contribution is 7.47. The molecule has 23 nitrogen and oxygen atoms in total. The molecule has 10 atom stereocenters. The van der Waals surface area contributed by atoms with Crippen molar-refractivity contribution in [3.8, 4) is 0 Å². The summed E-state index contributed by atoms with van der Waals surface area (Å²) >= 11 is 0. The zero-order valence-electron chi connectivity index (χ0n) is 22.4. The minimum atomic E-state index is -5.11. The predicted octanol–water partition coefficient (Wildman–Crippen LogP) is -2.34. The lowest BCUT2D eigenvalue weighted by atomic mass is 10.1. The third kappa shape index (κ3) is 5.41. The molecule has 0 saturated carbocycles. The quantitative estimate of drug-likeness (QED) is 0.109. The van der Waals surface area contributed by atoms with E-state index in [0.29, 0.717) is 0 Å². The Hall–Kier alpha value is -3.44. The monoisotopic (exact) mass is 674 g/mol. The standard InChI is InChI=1S/C20H24N10O13P2/c21-19-23-1-6-14(26-19)29(4-24-6)17-11(32)12-8(41-17)3-39-45(36,37)43-13-10(31)7(2-38-44(34,35)42-12)40-18(13)30-5-25-9-15(30)27-20(22)28-16(9)33/h1,4-5,7-8,10-13,17-18,31-32H,2-3H2,(H,34,35)(H,36,37)(H2,21,23,26)(H3,22,27,28,33)/t7-,8?,10-,11-,12-,13-,17-,18-/m1/s1. The van der Waals surface area contributed by atoms with Crippen LogP contribution in [0.2, 0.25) is 0 Å². The molecule has 3 aliphatic heterocycles. The number of nitrogen functional groups attached to an aromatic ring is 2. The Bertz CT molecular complexity index is 1940. The van der Waals surface area contributed by atoms with Gasteiger partial charge >= 0.3 is 15.6 Å². The van der Waals surface area contributed by atoms with E-state index < -0.39 is 83.5 Å². The molecule has 0 aliphatic carbocycles. The summed E-state index contributed by atoms with van der Waals surface area (Å²) in [6, 6.07) is 0. The van der Waals surface area contributed by atoms with E-state index in [-0.39, 0.29) is 34.2 Å². The minimum Gasteiger partial charge on any atom is -0.387 e. The van der Waals surface area contributed by atoms with Crippen LogP contribution in [0.5, 0.6) is 0 Å². The van der Waals surface area contributed by atoms with Gasteiger partial charge in [0.25, 0.3) is 5.56 Å². The summed E-state index contributed by atoms with van der Waals surface area (Å²) < 4.78 is 61.0. The number of H-pyrrole nitrogens is 1. The van der Waals surface area contributed by atoms with Crippen LogP contribution in [0.15, 0.2) is 23.6 Å². The molecule has 9 N–H and O–H groups in total. The summed E-state index contributed by atoms with van der Waals surface area (Å²) in [4.78, 5) is 55.8. The Morgan fingerprint density at radius 1 is 0.844 bits per heavy atom. The van der Waals surface area contributed by atoms with Crippen molar-refractivity contribution >= 4 is 49.9 Å². The zero-order valence-corrected chi connectivity index (χ0v) is 24.2. The number of aromatic amines is 1. The second-order valence-electron chi connectivity index (χ2n) is 10.1. The van der Waals surface area contributed by atoms with Gasteiger partial charge in [-0.2, -0.15) is 9.97 Å². The molecular formula is C20H24N10O13P2. The van der Waals surface area contributed by atoms with Gasteiger partial charge in [0, 0.05) is 0 Å². The van der Waals surface area contributed by atoms with Crippen LogP contribution in [0.1, 0.15) is 12.5 Å². The number of nitrogens with two attached hydrogens (primary N) is 2. The van der Waals surface area contributed by atoms with E-state index in [1.807, 2.05) is 0 Å². The number of fused-ring (bicyclic) bond motifs is 5. The van der Waals surface area contributed by atoms with E-state index in [1.54, 1.807) is 0 Å². The van der Waals surface area contributed by atoms with Crippen LogP contribution < -0.4 is 17.0 Å². The van der Waals surface area contributed by atoms with E-state index in [4.69, 9.17) is 39.0 Å². The van der Waals surface area contributed by atoms with Crippen LogP contribution in [0.3, 0.4) is 0 Å². The first-order valence-corrected chi connectivity index (χ1v) is 16.0. The van der Waals surface area contributed by atoms with Gasteiger partial charge in [-0.3, -0.25) is 37.0 Å². The number of phosphoric acid groups is 2. The van der Waals surface area contributed by atoms with Crippen LogP contribution in [0.25, 0.3) is 22.3 Å². The molecule has 0 aromatic carbocycles. The number of aromatic nitrogens is 8. The highest BCUT2D eigenvalue weighted by Crippen LogP contribution is 2.53. The average Bonchev–Trinajstić information content (AvgIpc) is 3.72. The Balaban J connectivity index is 1.21. The molecule has 4 aromatic rings. The molecule has 7 rings (SSSR count). The van der Waals surface area contributed by atoms with Crippen molar-refractivity contribution in [2.45, 2.75) is 49.1 Å². The van der Waals surface area contributed by atoms with Crippen molar-refractivity contribution in [1.29, 1.82) is 0 Å². The van der Waals surface area contributed by atoms with Crippen molar-refractivity contribution < 1.29 is 56.7 Å². The number of aliphatic hydroxyl groups is 2. The summed E-state index contributed by atoms with van der Waals surface area (Å²) in [6.07, 6.45) is -9.01. The van der Waals surface area contributed by atoms with Gasteiger partial charge in [-0.1, -0.05) is 0 Å². The fourth-order valence-electron chi connectivity index (χ4n) is 5.27. The molecule has 2 bridgehead atoms. The van der Waals surface area contributed by atoms with Gasteiger partial charge in [0.05, 0.1) is 32.1 Å². The van der Waals surface area contributed by atoms with Crippen LogP contribution >= 0.6 is 15.6 Å². The maximum absolute atomic E-state index is 13.2. The summed E-state index contributed by atoms with van der Waals surface area (Å²) in [7, 11) is -10.2. The van der Waals surface area contributed by atoms with E-state index in [0.717, 1.165) is 10.9 Å². The molecular weight excluding hydrogens is 650 g/mol. The fraction of sp³-hybridized carbons (Fsp3) is 0.500. The Morgan fingerprint density at radius 2 is 1.49 bits per heavy atom. The Labute approximate surface area is 248 Å². The van der Waals surface area contributed by atoms with E-state index in [2.05, 4.69) is 29.9 Å². The molecule has 25 heteroatoms. The van der Waals surface area contributed by atoms with Crippen LogP contribution in [0, 0.1) is 0 Å². The number of phosphoric ester groups is 2. The summed E-state index contributed by atoms with van der Waals surface area (Å²) in [6.45, 7) is -1.65. The van der Waals surface area contributed by atoms with Gasteiger partial charge in [0.1, 0.15) is 42.1 Å². The third-order valence-corrected chi connectivity index (χ3v) is 9.24. The van der Waals surface area contributed by atoms with Gasteiger partial charge in [-0.15, -0.1) is 0 Å². The number of hydrogen-bond acceptors (Lipinski definition) is 18. The lowest BCUT2D eigenvalue weighted by Gasteiger charge is -2.25. The van der Waals surface area contributed by atoms with Gasteiger partial charge in [-0.25, -0.2) is 24.1 Å². The van der Waals surface area contributed by atoms with Gasteiger partial charge in [0.15, 0.2) is 29.3 Å². The van der Waals surface area contributed by atoms with E-state index in [9.17, 15) is 33.9 Å². The largest absolute Gasteiger partial charge is 0.472 e. The van der Waals surface area contributed by atoms with Crippen LogP contribution in [-0.2, 0) is 36.7 Å². The normalized spacial score (nSPS) is 37.7. The zero-order chi connectivity index (χ0) is 31.8. The molecule has 45 heavy (non-hydrogen) atoms. The Kier molecular flexibility index (Phi) is 7.27. The summed E-state index contributed by atoms with van der Waals surface area (Å²) in [5.74, 6) is -0.398. The molecule has 3 fully saturated rings. The topological polar surface area (TPSA) is 330 Å². The number of nitrogens with one attached hydrogen (secondary N) is 1. The van der Waals surface area contributed by atoms with Crippen molar-refractivity contribution in [2.75, 3.05) is 24.7 Å². The molecule has 7 heterocycles. The number of anilines is 2. The second-order valence-corrected chi connectivity index (χ2v) is 13.0. The van der Waals surface area contributed by atoms with E-state index in [1.165, 1.54) is 17.1 Å². The number of imidazole rings is 2. The van der Waals surface area contributed by atoms with Crippen molar-refractivity contribution in [3.63, 3.8) is 0 Å². The number of hydrogen-bond donors (Lipinski definition) is 7. The molecule has 0 amide bonds. The van der Waals surface area contributed by atoms with Gasteiger partial charge in [-0.05, 0) is 0 Å². The van der Waals surface area contributed by atoms with Crippen LogP contribution in [-0.4, -0.2) is 109 Å². The average molecular weight is 674 g/mol. The lowest BCUT2D eigenvalue weighted by Crippen LogP contribution is -2.36. The van der Waals surface area contributed by atoms with Crippen LogP contribution in [0.4, 0.5) is 11.9 Å². The highest BCUT2D eigenvalue weighted by atomic mass is 31.2. The number of ether oxygens (including phenoxy) is 2. The lowest BCUT2D eigenvalue weighted by molar-refractivity contribution is -0.0672. The first kappa shape index (κ1) is 30.2. The second kappa shape index (κ2) is 10.8. The molecule has 4 aromatic heterocycles. The van der Waals surface area contributed by atoms with Crippen molar-refractivity contribution in [1.82, 2.24) is 39.0 Å². The predicted molar refractivity (Wildman–Crippen MR) is 143 cm³/mol. The van der Waals surface area contributed by atoms with Crippen molar-refractivity contribution in [2.24, 2.45) is 0 Å². The van der Waals surface area contributed by atoms with Gasteiger partial charge in [0.2, 0.25) is 11.9 Å². The molecule has 0 spiro atoms. The maximum Gasteiger partial charge on any atom is 0.472 e. The Morgan fingerprint density at radius 3 is 2.24 bits per heavy atom. The molecule has 242 valence electrons. The molecule has 3 saturated heterocycles. The third-order valence-electron chi connectivity index (χ3n) is 7.27. The summed E-state index contributed by atoms with van der Waals surface area (Å²) in [5, 5.41) is 22.1. The SMILES string of the molecule is Nc1ncc2ncn([C@@H]3OC4COP(=O)(O)O[C@@H]5[C@H](O)[C@@H](COP(=O)(O)O[C@H]4[C@H]3O)O[C@H]5n3cnc4c(=O)[nH]c(N)nc43)c2n1. The van der Waals surface area contributed by atoms with Crippen molar-refractivity contribution in [3.05, 3.63) is 29.2 Å².